The maximum Gasteiger partial charge on any atom is 0.249 e. The van der Waals surface area contributed by atoms with Crippen molar-refractivity contribution in [2.24, 2.45) is 11.8 Å². The van der Waals surface area contributed by atoms with Gasteiger partial charge in [0.15, 0.2) is 0 Å². The molecule has 7 atom stereocenters. The van der Waals surface area contributed by atoms with E-state index in [2.05, 4.69) is 29.1 Å². The third-order valence-electron chi connectivity index (χ3n) is 9.24. The van der Waals surface area contributed by atoms with Gasteiger partial charge in [-0.15, -0.1) is 13.2 Å². The van der Waals surface area contributed by atoms with Crippen LogP contribution in [-0.2, 0) is 25.7 Å². The van der Waals surface area contributed by atoms with E-state index in [1.165, 1.54) is 4.90 Å². The number of likely N-dealkylation sites (tertiary alicyclic amines) is 1. The fourth-order valence-electron chi connectivity index (χ4n) is 7.32. The Labute approximate surface area is 273 Å². The first-order chi connectivity index (χ1) is 21.8. The van der Waals surface area contributed by atoms with Crippen LogP contribution in [0.4, 0.5) is 5.69 Å². The minimum atomic E-state index is -1.25. The molecule has 0 radical (unpaired) electrons. The van der Waals surface area contributed by atoms with E-state index in [1.807, 2.05) is 56.3 Å². The molecule has 0 aromatic heterocycles. The maximum absolute atomic E-state index is 14.7. The topological polar surface area (TPSA) is 99.6 Å². The van der Waals surface area contributed by atoms with Crippen molar-refractivity contribution in [3.63, 3.8) is 0 Å². The van der Waals surface area contributed by atoms with Crippen LogP contribution in [0.5, 0.6) is 5.75 Å². The molecule has 2 aromatic rings. The number of ether oxygens (including phenoxy) is 2. The van der Waals surface area contributed by atoms with E-state index in [1.54, 1.807) is 34.1 Å². The fraction of sp³-hybridized carbons (Fsp3) is 0.457. The largest absolute Gasteiger partial charge is 0.494 e. The van der Waals surface area contributed by atoms with Crippen LogP contribution in [0.15, 0.2) is 79.9 Å². The highest BCUT2D eigenvalue weighted by Crippen LogP contribution is 2.61. The van der Waals surface area contributed by atoms with Gasteiger partial charge in [-0.2, -0.15) is 0 Å². The molecule has 3 amide bonds. The van der Waals surface area contributed by atoms with Gasteiger partial charge in [0, 0.05) is 30.1 Å². The summed E-state index contributed by atoms with van der Waals surface area (Å²) in [5.41, 5.74) is 0.332. The molecule has 2 bridgehead atoms. The average Bonchev–Trinajstić information content (AvgIpc) is 3.64. The maximum atomic E-state index is 14.7. The molecule has 5 rings (SSSR count). The van der Waals surface area contributed by atoms with Crippen molar-refractivity contribution in [1.82, 2.24) is 9.80 Å². The molecule has 3 aliphatic rings. The molecule has 240 valence electrons. The molecule has 9 nitrogen and oxygen atoms in total. The molecular formula is C35H42BrN3O6. The van der Waals surface area contributed by atoms with Gasteiger partial charge in [0.25, 0.3) is 0 Å². The lowest BCUT2D eigenvalue weighted by molar-refractivity contribution is -0.151. The predicted molar refractivity (Wildman–Crippen MR) is 176 cm³/mol. The van der Waals surface area contributed by atoms with Crippen molar-refractivity contribution in [3.8, 4) is 5.75 Å². The van der Waals surface area contributed by atoms with E-state index in [-0.39, 0.29) is 42.2 Å². The van der Waals surface area contributed by atoms with E-state index in [0.29, 0.717) is 37.4 Å². The summed E-state index contributed by atoms with van der Waals surface area (Å²) in [7, 11) is 0. The second-order valence-corrected chi connectivity index (χ2v) is 13.0. The van der Waals surface area contributed by atoms with Gasteiger partial charge in [-0.3, -0.25) is 14.4 Å². The molecule has 3 heterocycles. The molecule has 3 aliphatic heterocycles. The standard InChI is InChI=1S/C35H42BrN3O6/c1-5-18-37(21-23-12-10-9-11-13-23)34(43)31-35-20-27(36)30(45-35)28(29(35)33(42)39(31)24(7-3)22-40)32(41)38(19-6-2)25-14-16-26(17-15-25)44-8-4/h5-6,9-17,24,27-31,40H,1-2,7-8,18-22H2,3-4H3/t24-,27?,28+,29-,30+,31?,35?/m0/s1. The van der Waals surface area contributed by atoms with E-state index in [0.717, 1.165) is 5.56 Å². The van der Waals surface area contributed by atoms with E-state index >= 15 is 0 Å². The van der Waals surface area contributed by atoms with Crippen molar-refractivity contribution in [2.75, 3.05) is 31.2 Å². The number of hydrogen-bond donors (Lipinski definition) is 1. The zero-order chi connectivity index (χ0) is 32.3. The van der Waals surface area contributed by atoms with Gasteiger partial charge in [-0.05, 0) is 49.6 Å². The van der Waals surface area contributed by atoms with Crippen LogP contribution in [0, 0.1) is 11.8 Å². The van der Waals surface area contributed by atoms with Gasteiger partial charge in [0.1, 0.15) is 17.4 Å². The molecule has 1 spiro atoms. The Bertz CT molecular complexity index is 1400. The minimum Gasteiger partial charge on any atom is -0.494 e. The monoisotopic (exact) mass is 679 g/mol. The third kappa shape index (κ3) is 5.84. The number of aliphatic hydroxyl groups excluding tert-OH is 1. The van der Waals surface area contributed by atoms with Crippen molar-refractivity contribution >= 4 is 39.3 Å². The van der Waals surface area contributed by atoms with Crippen LogP contribution in [0.1, 0.15) is 32.3 Å². The number of carbonyl (C=O) groups excluding carboxylic acids is 3. The first-order valence-electron chi connectivity index (χ1n) is 15.6. The van der Waals surface area contributed by atoms with Gasteiger partial charge in [-0.25, -0.2) is 0 Å². The van der Waals surface area contributed by atoms with Crippen molar-refractivity contribution in [1.29, 1.82) is 0 Å². The number of nitrogens with zero attached hydrogens (tertiary/aromatic N) is 3. The number of rotatable bonds is 14. The molecule has 1 N–H and O–H groups in total. The lowest BCUT2D eigenvalue weighted by Gasteiger charge is -2.39. The number of anilines is 1. The summed E-state index contributed by atoms with van der Waals surface area (Å²) >= 11 is 3.76. The summed E-state index contributed by atoms with van der Waals surface area (Å²) in [4.78, 5) is 48.3. The average molecular weight is 681 g/mol. The number of hydrogen-bond acceptors (Lipinski definition) is 6. The molecule has 0 aliphatic carbocycles. The third-order valence-corrected chi connectivity index (χ3v) is 10.1. The number of fused-ring (bicyclic) bond motifs is 1. The molecule has 3 unspecified atom stereocenters. The van der Waals surface area contributed by atoms with Gasteiger partial charge in [-0.1, -0.05) is 65.3 Å². The van der Waals surface area contributed by atoms with Crippen LogP contribution < -0.4 is 9.64 Å². The molecule has 10 heteroatoms. The minimum absolute atomic E-state index is 0.224. The SMILES string of the molecule is C=CCN(Cc1ccccc1)C(=O)C1N([C@@H](CC)CO)C(=O)[C@@H]2[C@@H](C(=O)N(CC=C)c3ccc(OCC)cc3)[C@@H]3OC12CC3Br. The van der Waals surface area contributed by atoms with E-state index in [4.69, 9.17) is 9.47 Å². The summed E-state index contributed by atoms with van der Waals surface area (Å²) in [5.74, 6) is -1.95. The smallest absolute Gasteiger partial charge is 0.249 e. The summed E-state index contributed by atoms with van der Waals surface area (Å²) in [6, 6.07) is 15.2. The van der Waals surface area contributed by atoms with Crippen LogP contribution in [0.25, 0.3) is 0 Å². The van der Waals surface area contributed by atoms with E-state index < -0.39 is 35.6 Å². The fourth-order valence-corrected chi connectivity index (χ4v) is 8.26. The second kappa shape index (κ2) is 13.9. The molecule has 45 heavy (non-hydrogen) atoms. The summed E-state index contributed by atoms with van der Waals surface area (Å²) in [6.07, 6.45) is 3.51. The number of amides is 3. The first kappa shape index (κ1) is 32.9. The Hall–Kier alpha value is -3.47. The highest BCUT2D eigenvalue weighted by molar-refractivity contribution is 9.09. The number of benzene rings is 2. The van der Waals surface area contributed by atoms with E-state index in [9.17, 15) is 19.5 Å². The Morgan fingerprint density at radius 1 is 1.11 bits per heavy atom. The number of alkyl halides is 1. The quantitative estimate of drug-likeness (QED) is 0.236. The molecule has 3 fully saturated rings. The Balaban J connectivity index is 1.56. The molecule has 3 saturated heterocycles. The zero-order valence-corrected chi connectivity index (χ0v) is 27.5. The van der Waals surface area contributed by atoms with Gasteiger partial charge < -0.3 is 29.3 Å². The highest BCUT2D eigenvalue weighted by Gasteiger charge is 2.77. The number of halogens is 1. The predicted octanol–water partition coefficient (Wildman–Crippen LogP) is 4.34. The normalized spacial score (nSPS) is 27.2. The first-order valence-corrected chi connectivity index (χ1v) is 16.5. The highest BCUT2D eigenvalue weighted by atomic mass is 79.9. The lowest BCUT2D eigenvalue weighted by atomic mass is 9.70. The molecule has 0 saturated carbocycles. The van der Waals surface area contributed by atoms with Crippen molar-refractivity contribution < 1.29 is 29.0 Å². The Morgan fingerprint density at radius 3 is 2.40 bits per heavy atom. The summed E-state index contributed by atoms with van der Waals surface area (Å²) in [5, 5.41) is 10.4. The summed E-state index contributed by atoms with van der Waals surface area (Å²) < 4.78 is 12.3. The van der Waals surface area contributed by atoms with Crippen LogP contribution in [0.2, 0.25) is 0 Å². The zero-order valence-electron chi connectivity index (χ0n) is 25.9. The summed E-state index contributed by atoms with van der Waals surface area (Å²) in [6.45, 7) is 12.5. The van der Waals surface area contributed by atoms with Gasteiger partial charge in [0.05, 0.1) is 37.2 Å². The van der Waals surface area contributed by atoms with Crippen LogP contribution >= 0.6 is 15.9 Å². The van der Waals surface area contributed by atoms with Crippen LogP contribution in [-0.4, -0.2) is 87.5 Å². The number of carbonyl (C=O) groups is 3. The van der Waals surface area contributed by atoms with Crippen molar-refractivity contribution in [3.05, 3.63) is 85.5 Å². The Morgan fingerprint density at radius 2 is 1.80 bits per heavy atom. The molecule has 2 aromatic carbocycles. The molecular weight excluding hydrogens is 638 g/mol. The Kier molecular flexibility index (Phi) is 10.2. The van der Waals surface area contributed by atoms with Crippen molar-refractivity contribution in [2.45, 2.75) is 61.8 Å². The van der Waals surface area contributed by atoms with Gasteiger partial charge >= 0.3 is 0 Å². The van der Waals surface area contributed by atoms with Gasteiger partial charge in [0.2, 0.25) is 17.7 Å². The van der Waals surface area contributed by atoms with Crippen LogP contribution in [0.3, 0.4) is 0 Å². The second-order valence-electron chi connectivity index (χ2n) is 11.8. The lowest BCUT2D eigenvalue weighted by Crippen LogP contribution is -2.58. The number of aliphatic hydroxyl groups is 1.